The third kappa shape index (κ3) is 17.2. The van der Waals surface area contributed by atoms with E-state index in [0.29, 0.717) is 25.1 Å². The van der Waals surface area contributed by atoms with Gasteiger partial charge in [-0.05, 0) is 44.4 Å². The zero-order valence-electron chi connectivity index (χ0n) is 39.6. The lowest BCUT2D eigenvalue weighted by Gasteiger charge is -2.47. The topological polar surface area (TPSA) is 379 Å². The summed E-state index contributed by atoms with van der Waals surface area (Å²) in [7, 11) is 1.28. The van der Waals surface area contributed by atoms with Crippen LogP contribution in [0.4, 0.5) is 0 Å². The molecule has 1 aromatic rings. The minimum atomic E-state index is -1.88. The Kier molecular flexibility index (Phi) is 24.9. The Morgan fingerprint density at radius 1 is 0.899 bits per heavy atom. The predicted molar refractivity (Wildman–Crippen MR) is 238 cm³/mol. The molecule has 0 radical (unpaired) electrons. The number of carboxylic acids is 1. The highest BCUT2D eigenvalue weighted by atomic mass is 16.7. The molecule has 13 N–H and O–H groups in total. The van der Waals surface area contributed by atoms with E-state index in [1.807, 2.05) is 12.1 Å². The quantitative estimate of drug-likeness (QED) is 0.0440. The SMILES string of the molecule is CCCc1ccc(C(=O)NCCCOCCC(=O)NCC(=O)CC2C(O)CC(C)(C(=O)O)OC2C(O)[C@H](O)CO)cc1.CO[C@@H]1[C@H](O)C(O[C@@H]2[C@H](NC(C)=O)C(C)OC(CO)[C@@H]2O)OC(CO)[C@@H]1O. The second-order valence-electron chi connectivity index (χ2n) is 17.5. The first-order valence-corrected chi connectivity index (χ1v) is 23.0. The van der Waals surface area contributed by atoms with Crippen LogP contribution in [0.3, 0.4) is 0 Å². The van der Waals surface area contributed by atoms with Gasteiger partial charge in [0.1, 0.15) is 54.9 Å². The second kappa shape index (κ2) is 28.9. The number of hydrogen-bond donors (Lipinski definition) is 13. The summed E-state index contributed by atoms with van der Waals surface area (Å²) in [5.74, 6) is -3.99. The van der Waals surface area contributed by atoms with Gasteiger partial charge in [-0.15, -0.1) is 0 Å². The molecule has 0 aromatic heterocycles. The van der Waals surface area contributed by atoms with Crippen LogP contribution in [0.5, 0.6) is 0 Å². The number of aliphatic hydroxyl groups is 9. The lowest BCUT2D eigenvalue weighted by molar-refractivity contribution is -0.333. The van der Waals surface area contributed by atoms with E-state index in [0.717, 1.165) is 12.8 Å². The van der Waals surface area contributed by atoms with Crippen molar-refractivity contribution in [3.63, 3.8) is 0 Å². The predicted octanol–water partition coefficient (Wildman–Crippen LogP) is -3.96. The van der Waals surface area contributed by atoms with Gasteiger partial charge in [-0.2, -0.15) is 0 Å². The standard InChI is InChI=1S/C29H44N2O11.C16H29NO10/c1-3-5-18-6-8-19(9-7-18)27(38)30-11-4-12-41-13-10-24(36)31-16-20(33)14-21-22(34)15-29(2,28(39)40)42-26(21)25(37)23(35)17-32;1-6-10(17-7(2)20)14(11(21)8(4-18)25-6)27-16-13(23)15(24-3)12(22)9(5-19)26-16/h6-9,21-23,25-26,32,34-35,37H,3-5,10-17H2,1-2H3,(H,30,38)(H,31,36)(H,39,40);6,8-16,18-19,21-23H,4-5H2,1-3H3,(H,17,20)/t21?,22?,23-,25?,26?,29?;6?,8?,9?,10-,11+,12+,13+,14-,15+,16?/m11/s1. The first kappa shape index (κ1) is 59.5. The maximum absolute atomic E-state index is 12.6. The minimum Gasteiger partial charge on any atom is -0.479 e. The highest BCUT2D eigenvalue weighted by Crippen LogP contribution is 2.37. The average molecular weight is 992 g/mol. The fourth-order valence-electron chi connectivity index (χ4n) is 8.20. The molecular formula is C45H73N3O21. The number of benzene rings is 1. The van der Waals surface area contributed by atoms with Gasteiger partial charge >= 0.3 is 5.97 Å². The van der Waals surface area contributed by atoms with Crippen molar-refractivity contribution >= 4 is 29.5 Å². The van der Waals surface area contributed by atoms with Crippen molar-refractivity contribution in [3.8, 4) is 0 Å². The van der Waals surface area contributed by atoms with E-state index in [9.17, 15) is 75.0 Å². The molecule has 3 fully saturated rings. The maximum atomic E-state index is 12.6. The number of aliphatic hydroxyl groups excluding tert-OH is 9. The summed E-state index contributed by atoms with van der Waals surface area (Å²) in [5, 5.41) is 107. The zero-order chi connectivity index (χ0) is 51.6. The van der Waals surface area contributed by atoms with E-state index >= 15 is 0 Å². The number of aliphatic carboxylic acids is 1. The summed E-state index contributed by atoms with van der Waals surface area (Å²) in [6.07, 6.45) is -14.7. The van der Waals surface area contributed by atoms with Crippen molar-refractivity contribution in [2.24, 2.45) is 5.92 Å². The van der Waals surface area contributed by atoms with Crippen molar-refractivity contribution < 1.29 is 103 Å². The van der Waals surface area contributed by atoms with Crippen LogP contribution < -0.4 is 16.0 Å². The Labute approximate surface area is 400 Å². The number of aryl methyl sites for hydroxylation is 1. The molecule has 16 atom stereocenters. The number of carbonyl (C=O) groups is 5. The summed E-state index contributed by atoms with van der Waals surface area (Å²) in [6, 6.07) is 6.68. The van der Waals surface area contributed by atoms with Crippen molar-refractivity contribution in [2.45, 2.75) is 157 Å². The smallest absolute Gasteiger partial charge is 0.335 e. The Morgan fingerprint density at radius 2 is 1.54 bits per heavy atom. The zero-order valence-corrected chi connectivity index (χ0v) is 39.6. The van der Waals surface area contributed by atoms with Crippen LogP contribution in [0.1, 0.15) is 75.7 Å². The molecule has 0 spiro atoms. The average Bonchev–Trinajstić information content (AvgIpc) is 3.31. The Morgan fingerprint density at radius 3 is 2.12 bits per heavy atom. The summed E-state index contributed by atoms with van der Waals surface area (Å²) in [6.45, 7) is 4.80. The molecule has 3 amide bonds. The number of ketones is 1. The van der Waals surface area contributed by atoms with Crippen molar-refractivity contribution in [1.82, 2.24) is 16.0 Å². The Bertz CT molecular complexity index is 1760. The van der Waals surface area contributed by atoms with Gasteiger partial charge in [-0.25, -0.2) is 4.79 Å². The van der Waals surface area contributed by atoms with E-state index in [4.69, 9.17) is 28.4 Å². The minimum absolute atomic E-state index is 0.0140. The fourth-order valence-corrected chi connectivity index (χ4v) is 8.20. The first-order chi connectivity index (χ1) is 32.7. The van der Waals surface area contributed by atoms with E-state index in [1.165, 1.54) is 26.5 Å². The summed E-state index contributed by atoms with van der Waals surface area (Å²) in [5.41, 5.74) is -0.109. The highest BCUT2D eigenvalue weighted by Gasteiger charge is 2.53. The first-order valence-electron chi connectivity index (χ1n) is 23.0. The van der Waals surface area contributed by atoms with Gasteiger partial charge < -0.3 is 95.4 Å². The van der Waals surface area contributed by atoms with Crippen LogP contribution >= 0.6 is 0 Å². The number of rotatable bonds is 24. The molecule has 4 rings (SSSR count). The number of amides is 3. The molecule has 9 unspecified atom stereocenters. The maximum Gasteiger partial charge on any atom is 0.335 e. The van der Waals surface area contributed by atoms with E-state index in [2.05, 4.69) is 22.9 Å². The van der Waals surface area contributed by atoms with Crippen LogP contribution in [0.25, 0.3) is 0 Å². The van der Waals surface area contributed by atoms with E-state index in [1.54, 1.807) is 19.1 Å². The van der Waals surface area contributed by atoms with Gasteiger partial charge in [0.05, 0.1) is 57.3 Å². The number of Topliss-reactive ketones (excluding diaryl/α,β-unsaturated/α-hetero) is 1. The molecule has 394 valence electrons. The molecule has 1 aromatic carbocycles. The summed E-state index contributed by atoms with van der Waals surface area (Å²) < 4.78 is 32.7. The third-order valence-corrected chi connectivity index (χ3v) is 12.1. The van der Waals surface area contributed by atoms with Gasteiger partial charge in [0.15, 0.2) is 17.7 Å². The third-order valence-electron chi connectivity index (χ3n) is 12.1. The van der Waals surface area contributed by atoms with Crippen LogP contribution in [0.2, 0.25) is 0 Å². The molecule has 24 nitrogen and oxygen atoms in total. The highest BCUT2D eigenvalue weighted by molar-refractivity contribution is 5.94. The van der Waals surface area contributed by atoms with Gasteiger partial charge in [0.2, 0.25) is 11.8 Å². The monoisotopic (exact) mass is 991 g/mol. The lowest BCUT2D eigenvalue weighted by atomic mass is 9.78. The molecule has 0 bridgehead atoms. The molecule has 3 saturated heterocycles. The molecule has 3 aliphatic rings. The van der Waals surface area contributed by atoms with Crippen molar-refractivity contribution in [3.05, 3.63) is 35.4 Å². The Hall–Kier alpha value is -3.83. The Balaban J connectivity index is 0.000000401. The second-order valence-corrected chi connectivity index (χ2v) is 17.5. The van der Waals surface area contributed by atoms with Crippen molar-refractivity contribution in [2.75, 3.05) is 53.2 Å². The number of hydrogen-bond acceptors (Lipinski definition) is 20. The molecule has 3 heterocycles. The number of nitrogens with one attached hydrogen (secondary N) is 3. The largest absolute Gasteiger partial charge is 0.479 e. The number of carboxylic acid groups (broad SMARTS) is 1. The fraction of sp³-hybridized carbons (Fsp3) is 0.756. The van der Waals surface area contributed by atoms with E-state index < -0.39 is 135 Å². The summed E-state index contributed by atoms with van der Waals surface area (Å²) in [4.78, 5) is 60.1. The molecular weight excluding hydrogens is 918 g/mol. The van der Waals surface area contributed by atoms with Gasteiger partial charge in [-0.1, -0.05) is 25.5 Å². The van der Waals surface area contributed by atoms with Gasteiger partial charge in [0, 0.05) is 57.9 Å². The van der Waals surface area contributed by atoms with Crippen molar-refractivity contribution in [1.29, 1.82) is 0 Å². The van der Waals surface area contributed by atoms with Crippen LogP contribution in [-0.2, 0) is 54.0 Å². The molecule has 69 heavy (non-hydrogen) atoms. The van der Waals surface area contributed by atoms with Crippen LogP contribution in [0.15, 0.2) is 24.3 Å². The molecule has 24 heteroatoms. The molecule has 3 aliphatic heterocycles. The normalized spacial score (nSPS) is 32.1. The summed E-state index contributed by atoms with van der Waals surface area (Å²) >= 11 is 0. The number of methoxy groups -OCH3 is 1. The number of ether oxygens (including phenoxy) is 6. The number of carbonyl (C=O) groups excluding carboxylic acids is 4. The van der Waals surface area contributed by atoms with Crippen LogP contribution in [0, 0.1) is 5.92 Å². The van der Waals surface area contributed by atoms with Gasteiger partial charge in [0.25, 0.3) is 5.91 Å². The lowest BCUT2D eigenvalue weighted by Crippen LogP contribution is -2.67. The van der Waals surface area contributed by atoms with Gasteiger partial charge in [-0.3, -0.25) is 19.2 Å². The molecule has 0 aliphatic carbocycles. The van der Waals surface area contributed by atoms with Crippen LogP contribution in [-0.4, -0.2) is 225 Å². The van der Waals surface area contributed by atoms with E-state index in [-0.39, 0.29) is 44.2 Å². The molecule has 0 saturated carbocycles.